The minimum absolute atomic E-state index is 0.261. The summed E-state index contributed by atoms with van der Waals surface area (Å²) in [6.45, 7) is 6.36. The highest BCUT2D eigenvalue weighted by Gasteiger charge is 2.28. The van der Waals surface area contributed by atoms with Gasteiger partial charge in [0, 0.05) is 6.54 Å². The molecule has 160 valence electrons. The smallest absolute Gasteiger partial charge is 0.230 e. The minimum atomic E-state index is 0.261. The molecule has 0 amide bonds. The molecule has 2 aromatic heterocycles. The van der Waals surface area contributed by atoms with Crippen LogP contribution in [-0.4, -0.2) is 33.0 Å². The largest absolute Gasteiger partial charge is 0.493 e. The minimum Gasteiger partial charge on any atom is -0.493 e. The second kappa shape index (κ2) is 8.55. The fourth-order valence-corrected chi connectivity index (χ4v) is 4.43. The maximum Gasteiger partial charge on any atom is 0.230 e. The van der Waals surface area contributed by atoms with Crippen LogP contribution < -0.4 is 4.74 Å². The van der Waals surface area contributed by atoms with Crippen molar-refractivity contribution < 1.29 is 9.15 Å². The van der Waals surface area contributed by atoms with E-state index in [9.17, 15) is 0 Å². The molecule has 5 rings (SSSR count). The number of aryl methyl sites for hydroxylation is 1. The van der Waals surface area contributed by atoms with Gasteiger partial charge in [0.1, 0.15) is 17.3 Å². The third-order valence-corrected chi connectivity index (χ3v) is 6.00. The monoisotopic (exact) mass is 416 g/mol. The van der Waals surface area contributed by atoms with Crippen molar-refractivity contribution in [3.8, 4) is 17.2 Å². The number of nitrogens with zero attached hydrogens (tertiary/aromatic N) is 3. The van der Waals surface area contributed by atoms with Gasteiger partial charge in [-0.3, -0.25) is 4.90 Å². The number of piperidine rings is 1. The number of para-hydroxylation sites is 3. The highest BCUT2D eigenvalue weighted by molar-refractivity contribution is 5.74. The fraction of sp³-hybridized carbons (Fsp3) is 0.360. The molecule has 0 spiro atoms. The molecule has 0 aliphatic carbocycles. The van der Waals surface area contributed by atoms with Gasteiger partial charge in [-0.25, -0.2) is 9.97 Å². The Bertz CT molecular complexity index is 1150. The Morgan fingerprint density at radius 2 is 1.94 bits per heavy atom. The Hall–Kier alpha value is -3.12. The second-order valence-corrected chi connectivity index (χ2v) is 8.07. The number of benzene rings is 2. The van der Waals surface area contributed by atoms with E-state index in [1.54, 1.807) is 0 Å². The van der Waals surface area contributed by atoms with Crippen molar-refractivity contribution in [3.05, 3.63) is 65.8 Å². The average Bonchev–Trinajstić information content (AvgIpc) is 3.38. The zero-order valence-corrected chi connectivity index (χ0v) is 18.1. The van der Waals surface area contributed by atoms with Crippen molar-refractivity contribution in [1.29, 1.82) is 0 Å². The number of ether oxygens (including phenoxy) is 1. The number of nitrogens with one attached hydrogen (secondary N) is 1. The summed E-state index contributed by atoms with van der Waals surface area (Å²) in [7, 11) is 0. The van der Waals surface area contributed by atoms with Crippen LogP contribution in [0.1, 0.15) is 49.5 Å². The summed E-state index contributed by atoms with van der Waals surface area (Å²) in [6, 6.07) is 16.4. The molecule has 1 aliphatic heterocycles. The lowest BCUT2D eigenvalue weighted by Crippen LogP contribution is -2.33. The van der Waals surface area contributed by atoms with E-state index in [2.05, 4.69) is 22.0 Å². The zero-order valence-electron chi connectivity index (χ0n) is 18.1. The molecular weight excluding hydrogens is 388 g/mol. The molecule has 6 nitrogen and oxygen atoms in total. The Balaban J connectivity index is 1.42. The summed E-state index contributed by atoms with van der Waals surface area (Å²) in [5, 5.41) is 0. The van der Waals surface area contributed by atoms with Crippen LogP contribution >= 0.6 is 0 Å². The predicted molar refractivity (Wildman–Crippen MR) is 121 cm³/mol. The molecule has 4 aromatic rings. The van der Waals surface area contributed by atoms with Crippen molar-refractivity contribution in [2.75, 3.05) is 13.2 Å². The van der Waals surface area contributed by atoms with Crippen LogP contribution in [0.2, 0.25) is 0 Å². The van der Waals surface area contributed by atoms with Crippen LogP contribution in [0.3, 0.4) is 0 Å². The first-order valence-corrected chi connectivity index (χ1v) is 11.1. The predicted octanol–water partition coefficient (Wildman–Crippen LogP) is 5.65. The van der Waals surface area contributed by atoms with Gasteiger partial charge in [0.25, 0.3) is 0 Å². The fourth-order valence-electron chi connectivity index (χ4n) is 4.43. The molecule has 1 fully saturated rings. The van der Waals surface area contributed by atoms with Crippen LogP contribution in [-0.2, 0) is 6.54 Å². The van der Waals surface area contributed by atoms with Crippen LogP contribution in [0.25, 0.3) is 22.5 Å². The first-order valence-electron chi connectivity index (χ1n) is 11.1. The van der Waals surface area contributed by atoms with E-state index in [0.717, 1.165) is 59.1 Å². The van der Waals surface area contributed by atoms with Gasteiger partial charge in [-0.05, 0) is 57.5 Å². The van der Waals surface area contributed by atoms with Crippen LogP contribution in [0, 0.1) is 6.92 Å². The molecule has 1 N–H and O–H groups in total. The number of aromatic amines is 1. The maximum absolute atomic E-state index is 6.08. The molecule has 31 heavy (non-hydrogen) atoms. The van der Waals surface area contributed by atoms with Gasteiger partial charge in [-0.15, -0.1) is 0 Å². The number of likely N-dealkylation sites (tertiary alicyclic amines) is 1. The molecule has 6 heteroatoms. The third-order valence-electron chi connectivity index (χ3n) is 6.00. The molecule has 0 saturated carbocycles. The SMILES string of the molecule is CCOc1ccccc1-c1nc(CN2CCCCC2c2nc3ccccc3[nH]2)c(C)o1. The zero-order chi connectivity index (χ0) is 21.2. The summed E-state index contributed by atoms with van der Waals surface area (Å²) < 4.78 is 11.8. The van der Waals surface area contributed by atoms with Crippen molar-refractivity contribution >= 4 is 11.0 Å². The van der Waals surface area contributed by atoms with E-state index >= 15 is 0 Å². The van der Waals surface area contributed by atoms with E-state index in [4.69, 9.17) is 19.1 Å². The summed E-state index contributed by atoms with van der Waals surface area (Å²) in [5.74, 6) is 3.32. The number of H-pyrrole nitrogens is 1. The van der Waals surface area contributed by atoms with Gasteiger partial charge >= 0.3 is 0 Å². The first-order chi connectivity index (χ1) is 15.2. The van der Waals surface area contributed by atoms with Crippen molar-refractivity contribution in [1.82, 2.24) is 19.9 Å². The number of hydrogen-bond donors (Lipinski definition) is 1. The van der Waals surface area contributed by atoms with E-state index in [0.29, 0.717) is 12.5 Å². The molecule has 1 unspecified atom stereocenters. The Morgan fingerprint density at radius 1 is 1.10 bits per heavy atom. The number of rotatable bonds is 6. The Morgan fingerprint density at radius 3 is 2.81 bits per heavy atom. The molecular formula is C25H28N4O2. The standard InChI is InChI=1S/C25H28N4O2/c1-3-30-23-14-7-4-10-18(23)25-28-21(17(2)31-25)16-29-15-9-8-13-22(29)24-26-19-11-5-6-12-20(19)27-24/h4-7,10-12,14,22H,3,8-9,13,15-16H2,1-2H3,(H,26,27). The van der Waals surface area contributed by atoms with Crippen LogP contribution in [0.15, 0.2) is 52.9 Å². The quantitative estimate of drug-likeness (QED) is 0.440. The summed E-state index contributed by atoms with van der Waals surface area (Å²) in [5.41, 5.74) is 3.99. The number of oxazole rings is 1. The Labute approximate surface area is 182 Å². The van der Waals surface area contributed by atoms with Gasteiger partial charge in [0.15, 0.2) is 0 Å². The van der Waals surface area contributed by atoms with E-state index in [1.165, 1.54) is 12.8 Å². The van der Waals surface area contributed by atoms with Gasteiger partial charge in [-0.2, -0.15) is 0 Å². The number of hydrogen-bond acceptors (Lipinski definition) is 5. The van der Waals surface area contributed by atoms with Gasteiger partial charge < -0.3 is 14.1 Å². The number of fused-ring (bicyclic) bond motifs is 1. The second-order valence-electron chi connectivity index (χ2n) is 8.07. The number of imidazole rings is 1. The van der Waals surface area contributed by atoms with E-state index in [1.807, 2.05) is 50.2 Å². The van der Waals surface area contributed by atoms with Crippen molar-refractivity contribution in [3.63, 3.8) is 0 Å². The Kier molecular flexibility index (Phi) is 5.47. The van der Waals surface area contributed by atoms with Gasteiger partial charge in [-0.1, -0.05) is 30.7 Å². The average molecular weight is 417 g/mol. The summed E-state index contributed by atoms with van der Waals surface area (Å²) in [6.07, 6.45) is 3.49. The van der Waals surface area contributed by atoms with Crippen molar-refractivity contribution in [2.45, 2.75) is 45.7 Å². The normalized spacial score (nSPS) is 17.3. The van der Waals surface area contributed by atoms with Crippen LogP contribution in [0.5, 0.6) is 5.75 Å². The molecule has 1 saturated heterocycles. The summed E-state index contributed by atoms with van der Waals surface area (Å²) >= 11 is 0. The molecule has 2 aromatic carbocycles. The maximum atomic E-state index is 6.08. The lowest BCUT2D eigenvalue weighted by molar-refractivity contribution is 0.132. The third kappa shape index (κ3) is 3.95. The lowest BCUT2D eigenvalue weighted by Gasteiger charge is -2.34. The molecule has 0 radical (unpaired) electrons. The molecule has 0 bridgehead atoms. The van der Waals surface area contributed by atoms with Crippen molar-refractivity contribution in [2.24, 2.45) is 0 Å². The topological polar surface area (TPSA) is 67.2 Å². The molecule has 1 atom stereocenters. The first kappa shape index (κ1) is 19.8. The van der Waals surface area contributed by atoms with Gasteiger partial charge in [0.05, 0.1) is 34.9 Å². The van der Waals surface area contributed by atoms with Gasteiger partial charge in [0.2, 0.25) is 5.89 Å². The highest BCUT2D eigenvalue weighted by Crippen LogP contribution is 2.34. The van der Waals surface area contributed by atoms with E-state index in [-0.39, 0.29) is 6.04 Å². The van der Waals surface area contributed by atoms with Crippen LogP contribution in [0.4, 0.5) is 0 Å². The molecule has 3 heterocycles. The molecule has 1 aliphatic rings. The number of aromatic nitrogens is 3. The lowest BCUT2D eigenvalue weighted by atomic mass is 10.0. The highest BCUT2D eigenvalue weighted by atomic mass is 16.5. The summed E-state index contributed by atoms with van der Waals surface area (Å²) in [4.78, 5) is 15.8. The van der Waals surface area contributed by atoms with E-state index < -0.39 is 0 Å².